The van der Waals surface area contributed by atoms with Crippen molar-refractivity contribution in [3.8, 4) is 0 Å². The molecule has 1 N–H and O–H groups in total. The lowest BCUT2D eigenvalue weighted by molar-refractivity contribution is -0.121. The second-order valence-corrected chi connectivity index (χ2v) is 5.84. The van der Waals surface area contributed by atoms with Gasteiger partial charge in [0.15, 0.2) is 0 Å². The minimum Gasteiger partial charge on any atom is -0.353 e. The van der Waals surface area contributed by atoms with Crippen molar-refractivity contribution < 1.29 is 9.18 Å². The molecule has 0 radical (unpaired) electrons. The summed E-state index contributed by atoms with van der Waals surface area (Å²) in [6, 6.07) is 14.5. The number of nitrogens with one attached hydrogen (secondary N) is 1. The van der Waals surface area contributed by atoms with Crippen LogP contribution in [0.3, 0.4) is 0 Å². The Kier molecular flexibility index (Phi) is 5.96. The van der Waals surface area contributed by atoms with Gasteiger partial charge in [0.25, 0.3) is 0 Å². The van der Waals surface area contributed by atoms with Crippen molar-refractivity contribution in [3.05, 3.63) is 70.5 Å². The Balaban J connectivity index is 1.81. The van der Waals surface area contributed by atoms with Crippen LogP contribution in [0.2, 0.25) is 5.02 Å². The van der Waals surface area contributed by atoms with Crippen LogP contribution in [0.5, 0.6) is 0 Å². The molecule has 0 saturated carbocycles. The van der Waals surface area contributed by atoms with Gasteiger partial charge >= 0.3 is 0 Å². The van der Waals surface area contributed by atoms with Gasteiger partial charge in [0.1, 0.15) is 5.82 Å². The third kappa shape index (κ3) is 5.15. The van der Waals surface area contributed by atoms with E-state index in [9.17, 15) is 9.18 Å². The Morgan fingerprint density at radius 3 is 2.64 bits per heavy atom. The number of rotatable bonds is 6. The summed E-state index contributed by atoms with van der Waals surface area (Å²) >= 11 is 5.70. The molecule has 0 unspecified atom stereocenters. The lowest BCUT2D eigenvalue weighted by Crippen LogP contribution is -2.34. The molecule has 0 spiro atoms. The SMILES string of the molecule is C[C@@H](CCc1ccccc1)NC(=O)Cc1ccc(Cl)cc1F. The topological polar surface area (TPSA) is 29.1 Å². The zero-order valence-electron chi connectivity index (χ0n) is 12.5. The summed E-state index contributed by atoms with van der Waals surface area (Å²) in [5.41, 5.74) is 1.60. The molecule has 1 amide bonds. The van der Waals surface area contributed by atoms with Gasteiger partial charge in [-0.1, -0.05) is 48.0 Å². The van der Waals surface area contributed by atoms with E-state index in [1.165, 1.54) is 11.6 Å². The molecule has 22 heavy (non-hydrogen) atoms. The molecule has 2 nitrogen and oxygen atoms in total. The van der Waals surface area contributed by atoms with Crippen LogP contribution in [0.15, 0.2) is 48.5 Å². The van der Waals surface area contributed by atoms with Crippen molar-refractivity contribution >= 4 is 17.5 Å². The molecule has 0 saturated heterocycles. The largest absolute Gasteiger partial charge is 0.353 e. The average Bonchev–Trinajstić information content (AvgIpc) is 2.49. The summed E-state index contributed by atoms with van der Waals surface area (Å²) in [4.78, 5) is 12.0. The van der Waals surface area contributed by atoms with Crippen molar-refractivity contribution in [3.63, 3.8) is 0 Å². The standard InChI is InChI=1S/C18H19ClFNO/c1-13(7-8-14-5-3-2-4-6-14)21-18(22)11-15-9-10-16(19)12-17(15)20/h2-6,9-10,12-13H,7-8,11H2,1H3,(H,21,22)/t13-/m0/s1. The maximum atomic E-state index is 13.7. The summed E-state index contributed by atoms with van der Waals surface area (Å²) < 4.78 is 13.7. The predicted octanol–water partition coefficient (Wildman–Crippen LogP) is 4.16. The number of aryl methyl sites for hydroxylation is 1. The molecule has 2 rings (SSSR count). The minimum atomic E-state index is -0.445. The molecule has 2 aromatic carbocycles. The maximum absolute atomic E-state index is 13.7. The normalized spacial score (nSPS) is 12.0. The van der Waals surface area contributed by atoms with Gasteiger partial charge in [-0.05, 0) is 43.0 Å². The number of amides is 1. The first-order chi connectivity index (χ1) is 10.5. The average molecular weight is 320 g/mol. The van der Waals surface area contributed by atoms with Crippen LogP contribution in [0.1, 0.15) is 24.5 Å². The van der Waals surface area contributed by atoms with Gasteiger partial charge in [-0.2, -0.15) is 0 Å². The third-order valence-electron chi connectivity index (χ3n) is 3.48. The molecule has 0 aliphatic rings. The molecule has 116 valence electrons. The van der Waals surface area contributed by atoms with Crippen LogP contribution in [0.4, 0.5) is 4.39 Å². The first kappa shape index (κ1) is 16.5. The molecule has 0 aliphatic carbocycles. The zero-order chi connectivity index (χ0) is 15.9. The van der Waals surface area contributed by atoms with Crippen LogP contribution in [-0.2, 0) is 17.6 Å². The van der Waals surface area contributed by atoms with Gasteiger partial charge in [0, 0.05) is 11.1 Å². The van der Waals surface area contributed by atoms with E-state index in [2.05, 4.69) is 17.4 Å². The lowest BCUT2D eigenvalue weighted by Gasteiger charge is -2.14. The summed E-state index contributed by atoms with van der Waals surface area (Å²) in [6.07, 6.45) is 1.77. The highest BCUT2D eigenvalue weighted by Crippen LogP contribution is 2.15. The number of hydrogen-bond donors (Lipinski definition) is 1. The fraction of sp³-hybridized carbons (Fsp3) is 0.278. The highest BCUT2D eigenvalue weighted by Gasteiger charge is 2.11. The Morgan fingerprint density at radius 2 is 1.95 bits per heavy atom. The van der Waals surface area contributed by atoms with Gasteiger partial charge in [0.2, 0.25) is 5.91 Å². The number of hydrogen-bond acceptors (Lipinski definition) is 1. The second-order valence-electron chi connectivity index (χ2n) is 5.41. The van der Waals surface area contributed by atoms with E-state index >= 15 is 0 Å². The zero-order valence-corrected chi connectivity index (χ0v) is 13.2. The first-order valence-electron chi connectivity index (χ1n) is 7.32. The van der Waals surface area contributed by atoms with E-state index in [-0.39, 0.29) is 18.4 Å². The number of carbonyl (C=O) groups excluding carboxylic acids is 1. The Hall–Kier alpha value is -1.87. The first-order valence-corrected chi connectivity index (χ1v) is 7.69. The number of carbonyl (C=O) groups is 1. The Morgan fingerprint density at radius 1 is 1.23 bits per heavy atom. The molecular formula is C18H19ClFNO. The second kappa shape index (κ2) is 7.95. The fourth-order valence-corrected chi connectivity index (χ4v) is 2.42. The molecule has 0 aliphatic heterocycles. The summed E-state index contributed by atoms with van der Waals surface area (Å²) in [7, 11) is 0. The van der Waals surface area contributed by atoms with Gasteiger partial charge in [-0.3, -0.25) is 4.79 Å². The molecular weight excluding hydrogens is 301 g/mol. The van der Waals surface area contributed by atoms with Gasteiger partial charge in [-0.25, -0.2) is 4.39 Å². The van der Waals surface area contributed by atoms with E-state index in [1.54, 1.807) is 12.1 Å². The molecule has 0 bridgehead atoms. The van der Waals surface area contributed by atoms with E-state index in [0.29, 0.717) is 10.6 Å². The van der Waals surface area contributed by atoms with Crippen molar-refractivity contribution in [1.29, 1.82) is 0 Å². The summed E-state index contributed by atoms with van der Waals surface area (Å²) in [5.74, 6) is -0.624. The van der Waals surface area contributed by atoms with Crippen LogP contribution >= 0.6 is 11.6 Å². The molecule has 4 heteroatoms. The van der Waals surface area contributed by atoms with Crippen molar-refractivity contribution in [1.82, 2.24) is 5.32 Å². The smallest absolute Gasteiger partial charge is 0.224 e. The van der Waals surface area contributed by atoms with Crippen LogP contribution in [0, 0.1) is 5.82 Å². The van der Waals surface area contributed by atoms with Crippen molar-refractivity contribution in [2.75, 3.05) is 0 Å². The molecule has 0 aromatic heterocycles. The van der Waals surface area contributed by atoms with E-state index in [4.69, 9.17) is 11.6 Å². The highest BCUT2D eigenvalue weighted by molar-refractivity contribution is 6.30. The number of halogens is 2. The molecule has 2 aromatic rings. The molecule has 0 heterocycles. The van der Waals surface area contributed by atoms with Crippen LogP contribution in [0.25, 0.3) is 0 Å². The van der Waals surface area contributed by atoms with E-state index in [0.717, 1.165) is 12.8 Å². The van der Waals surface area contributed by atoms with Crippen molar-refractivity contribution in [2.45, 2.75) is 32.2 Å². The number of benzene rings is 2. The Labute approximate surface area is 135 Å². The van der Waals surface area contributed by atoms with Crippen LogP contribution in [-0.4, -0.2) is 11.9 Å². The molecule has 1 atom stereocenters. The quantitative estimate of drug-likeness (QED) is 0.851. The molecule has 0 fully saturated rings. The summed E-state index contributed by atoms with van der Waals surface area (Å²) in [5, 5.41) is 3.23. The Bertz CT molecular complexity index is 630. The minimum absolute atomic E-state index is 0.0265. The fourth-order valence-electron chi connectivity index (χ4n) is 2.26. The predicted molar refractivity (Wildman–Crippen MR) is 87.5 cm³/mol. The summed E-state index contributed by atoms with van der Waals surface area (Å²) in [6.45, 7) is 1.96. The van der Waals surface area contributed by atoms with Gasteiger partial charge < -0.3 is 5.32 Å². The monoisotopic (exact) mass is 319 g/mol. The van der Waals surface area contributed by atoms with Crippen molar-refractivity contribution in [2.24, 2.45) is 0 Å². The maximum Gasteiger partial charge on any atom is 0.224 e. The highest BCUT2D eigenvalue weighted by atomic mass is 35.5. The third-order valence-corrected chi connectivity index (χ3v) is 3.72. The van der Waals surface area contributed by atoms with Crippen LogP contribution < -0.4 is 5.32 Å². The van der Waals surface area contributed by atoms with E-state index in [1.807, 2.05) is 25.1 Å². The van der Waals surface area contributed by atoms with Gasteiger partial charge in [0.05, 0.1) is 6.42 Å². The lowest BCUT2D eigenvalue weighted by atomic mass is 10.1. The van der Waals surface area contributed by atoms with E-state index < -0.39 is 5.82 Å². The van der Waals surface area contributed by atoms with Gasteiger partial charge in [-0.15, -0.1) is 0 Å².